The first kappa shape index (κ1) is 18.8. The summed E-state index contributed by atoms with van der Waals surface area (Å²) in [6, 6.07) is 8.70. The maximum Gasteiger partial charge on any atom is 0.277 e. The van der Waals surface area contributed by atoms with Crippen LogP contribution in [0.3, 0.4) is 0 Å². The minimum atomic E-state index is -0.384. The summed E-state index contributed by atoms with van der Waals surface area (Å²) in [6.07, 6.45) is 1.49. The number of hydrogen-bond acceptors (Lipinski definition) is 6. The highest BCUT2D eigenvalue weighted by Gasteiger charge is 2.18. The van der Waals surface area contributed by atoms with Crippen LogP contribution >= 0.6 is 11.6 Å². The highest BCUT2D eigenvalue weighted by Crippen LogP contribution is 2.39. The third kappa shape index (κ3) is 4.83. The molecule has 0 spiro atoms. The zero-order valence-electron chi connectivity index (χ0n) is 15.0. The number of aryl methyl sites for hydroxylation is 1. The van der Waals surface area contributed by atoms with E-state index in [1.54, 1.807) is 37.4 Å². The van der Waals surface area contributed by atoms with E-state index >= 15 is 0 Å². The molecule has 0 aliphatic carbocycles. The predicted octanol–water partition coefficient (Wildman–Crippen LogP) is 2.96. The highest BCUT2D eigenvalue weighted by molar-refractivity contribution is 6.30. The number of hydrogen-bond donors (Lipinski definition) is 1. The molecule has 3 rings (SSSR count). The molecule has 27 heavy (non-hydrogen) atoms. The van der Waals surface area contributed by atoms with Gasteiger partial charge in [-0.3, -0.25) is 4.79 Å². The van der Waals surface area contributed by atoms with Gasteiger partial charge in [-0.1, -0.05) is 11.6 Å². The Kier molecular flexibility index (Phi) is 6.03. The number of rotatable bonds is 6. The summed E-state index contributed by atoms with van der Waals surface area (Å²) >= 11 is 5.89. The standard InChI is InChI=1S/C19H19ClN2O5/c1-12-7-14(20)3-4-15(12)27-11-18(23)22-21-10-13-8-16(24-2)19-17(9-13)25-5-6-26-19/h3-4,7-10H,5-6,11H2,1-2H3,(H,22,23)/b21-10-. The molecular formula is C19H19ClN2O5. The molecule has 1 N–H and O–H groups in total. The lowest BCUT2D eigenvalue weighted by Gasteiger charge is -2.20. The predicted molar refractivity (Wildman–Crippen MR) is 101 cm³/mol. The summed E-state index contributed by atoms with van der Waals surface area (Å²) in [7, 11) is 1.55. The number of halogens is 1. The van der Waals surface area contributed by atoms with E-state index in [0.717, 1.165) is 5.56 Å². The molecule has 2 aromatic rings. The second-order valence-electron chi connectivity index (χ2n) is 5.74. The van der Waals surface area contributed by atoms with Gasteiger partial charge in [-0.2, -0.15) is 5.10 Å². The summed E-state index contributed by atoms with van der Waals surface area (Å²) in [5.41, 5.74) is 3.97. The molecule has 0 fully saturated rings. The number of ether oxygens (including phenoxy) is 4. The minimum absolute atomic E-state index is 0.162. The molecule has 0 saturated heterocycles. The first-order chi connectivity index (χ1) is 13.1. The van der Waals surface area contributed by atoms with Crippen LogP contribution in [0.2, 0.25) is 5.02 Å². The summed E-state index contributed by atoms with van der Waals surface area (Å²) in [5, 5.41) is 4.55. The smallest absolute Gasteiger partial charge is 0.277 e. The lowest BCUT2D eigenvalue weighted by Crippen LogP contribution is -2.24. The first-order valence-electron chi connectivity index (χ1n) is 8.25. The Morgan fingerprint density at radius 2 is 2.07 bits per heavy atom. The van der Waals surface area contributed by atoms with Crippen molar-refractivity contribution < 1.29 is 23.7 Å². The van der Waals surface area contributed by atoms with Gasteiger partial charge in [0.25, 0.3) is 5.91 Å². The fourth-order valence-corrected chi connectivity index (χ4v) is 2.72. The van der Waals surface area contributed by atoms with Crippen molar-refractivity contribution in [1.82, 2.24) is 5.43 Å². The molecule has 0 atom stereocenters. The van der Waals surface area contributed by atoms with Crippen LogP contribution in [0.15, 0.2) is 35.4 Å². The lowest BCUT2D eigenvalue weighted by atomic mass is 10.2. The van der Waals surface area contributed by atoms with E-state index in [1.807, 2.05) is 6.92 Å². The molecule has 142 valence electrons. The van der Waals surface area contributed by atoms with Crippen LogP contribution in [0.4, 0.5) is 0 Å². The molecule has 1 heterocycles. The summed E-state index contributed by atoms with van der Waals surface area (Å²) in [5.74, 6) is 1.90. The van der Waals surface area contributed by atoms with Gasteiger partial charge in [0.2, 0.25) is 5.75 Å². The van der Waals surface area contributed by atoms with E-state index < -0.39 is 0 Å². The Balaban J connectivity index is 1.57. The van der Waals surface area contributed by atoms with Crippen LogP contribution < -0.4 is 24.4 Å². The molecule has 1 aliphatic heterocycles. The molecule has 8 heteroatoms. The van der Waals surface area contributed by atoms with Crippen molar-refractivity contribution in [1.29, 1.82) is 0 Å². The monoisotopic (exact) mass is 390 g/mol. The summed E-state index contributed by atoms with van der Waals surface area (Å²) in [4.78, 5) is 11.9. The Bertz CT molecular complexity index is 852. The number of nitrogens with one attached hydrogen (secondary N) is 1. The second-order valence-corrected chi connectivity index (χ2v) is 6.18. The first-order valence-corrected chi connectivity index (χ1v) is 8.63. The Hall–Kier alpha value is -2.93. The number of nitrogens with zero attached hydrogens (tertiary/aromatic N) is 1. The normalized spacial score (nSPS) is 12.7. The summed E-state index contributed by atoms with van der Waals surface area (Å²) < 4.78 is 21.9. The maximum absolute atomic E-state index is 11.9. The van der Waals surface area contributed by atoms with E-state index in [0.29, 0.717) is 46.8 Å². The van der Waals surface area contributed by atoms with Gasteiger partial charge < -0.3 is 18.9 Å². The van der Waals surface area contributed by atoms with Crippen LogP contribution in [0.5, 0.6) is 23.0 Å². The van der Waals surface area contributed by atoms with Gasteiger partial charge >= 0.3 is 0 Å². The minimum Gasteiger partial charge on any atom is -0.493 e. The zero-order chi connectivity index (χ0) is 19.2. The number of amides is 1. The molecule has 1 amide bonds. The average molecular weight is 391 g/mol. The number of carbonyl (C=O) groups excluding carboxylic acids is 1. The SMILES string of the molecule is COc1cc(/C=N\NC(=O)COc2ccc(Cl)cc2C)cc2c1OCCO2. The largest absolute Gasteiger partial charge is 0.493 e. The van der Waals surface area contributed by atoms with Crippen LogP contribution in [-0.2, 0) is 4.79 Å². The summed E-state index contributed by atoms with van der Waals surface area (Å²) in [6.45, 7) is 2.63. The molecule has 0 saturated carbocycles. The molecule has 7 nitrogen and oxygen atoms in total. The topological polar surface area (TPSA) is 78.4 Å². The third-order valence-corrected chi connectivity index (χ3v) is 3.98. The second kappa shape index (κ2) is 8.64. The molecule has 1 aliphatic rings. The van der Waals surface area contributed by atoms with Crippen molar-refractivity contribution >= 4 is 23.7 Å². The fourth-order valence-electron chi connectivity index (χ4n) is 2.50. The van der Waals surface area contributed by atoms with E-state index in [1.165, 1.54) is 6.21 Å². The van der Waals surface area contributed by atoms with Crippen molar-refractivity contribution in [2.24, 2.45) is 5.10 Å². The lowest BCUT2D eigenvalue weighted by molar-refractivity contribution is -0.123. The van der Waals surface area contributed by atoms with Crippen LogP contribution in [0.25, 0.3) is 0 Å². The number of benzene rings is 2. The van der Waals surface area contributed by atoms with E-state index in [4.69, 9.17) is 30.5 Å². The highest BCUT2D eigenvalue weighted by atomic mass is 35.5. The Morgan fingerprint density at radius 1 is 1.26 bits per heavy atom. The third-order valence-electron chi connectivity index (χ3n) is 3.75. The molecule has 0 aromatic heterocycles. The molecule has 2 aromatic carbocycles. The van der Waals surface area contributed by atoms with Gasteiger partial charge in [-0.25, -0.2) is 5.43 Å². The van der Waals surface area contributed by atoms with Crippen molar-refractivity contribution in [3.63, 3.8) is 0 Å². The van der Waals surface area contributed by atoms with E-state index in [9.17, 15) is 4.79 Å². The quantitative estimate of drug-likeness (QED) is 0.606. The Morgan fingerprint density at radius 3 is 2.85 bits per heavy atom. The number of carbonyl (C=O) groups is 1. The van der Waals surface area contributed by atoms with Gasteiger partial charge in [-0.15, -0.1) is 0 Å². The number of fused-ring (bicyclic) bond motifs is 1. The van der Waals surface area contributed by atoms with Gasteiger partial charge in [0, 0.05) is 10.6 Å². The van der Waals surface area contributed by atoms with E-state index in [2.05, 4.69) is 10.5 Å². The van der Waals surface area contributed by atoms with Gasteiger partial charge in [0.1, 0.15) is 19.0 Å². The molecule has 0 radical (unpaired) electrons. The van der Waals surface area contributed by atoms with Gasteiger partial charge in [-0.05, 0) is 42.8 Å². The van der Waals surface area contributed by atoms with Crippen LogP contribution in [0.1, 0.15) is 11.1 Å². The van der Waals surface area contributed by atoms with Crippen molar-refractivity contribution in [2.75, 3.05) is 26.9 Å². The molecular weight excluding hydrogens is 372 g/mol. The Labute approximate surface area is 161 Å². The van der Waals surface area contributed by atoms with Gasteiger partial charge in [0.05, 0.1) is 13.3 Å². The van der Waals surface area contributed by atoms with Crippen molar-refractivity contribution in [3.05, 3.63) is 46.5 Å². The van der Waals surface area contributed by atoms with Crippen molar-refractivity contribution in [2.45, 2.75) is 6.92 Å². The average Bonchev–Trinajstić information content (AvgIpc) is 2.66. The molecule has 0 unspecified atom stereocenters. The number of methoxy groups -OCH3 is 1. The van der Waals surface area contributed by atoms with Crippen LogP contribution in [0, 0.1) is 6.92 Å². The molecule has 0 bridgehead atoms. The van der Waals surface area contributed by atoms with Crippen LogP contribution in [-0.4, -0.2) is 39.1 Å². The van der Waals surface area contributed by atoms with Gasteiger partial charge in [0.15, 0.2) is 18.1 Å². The van der Waals surface area contributed by atoms with E-state index in [-0.39, 0.29) is 12.5 Å². The van der Waals surface area contributed by atoms with Crippen molar-refractivity contribution in [3.8, 4) is 23.0 Å². The fraction of sp³-hybridized carbons (Fsp3) is 0.263. The zero-order valence-corrected chi connectivity index (χ0v) is 15.7. The number of hydrazone groups is 1. The maximum atomic E-state index is 11.9.